The highest BCUT2D eigenvalue weighted by atomic mass is 32.9. The van der Waals surface area contributed by atoms with Crippen molar-refractivity contribution in [2.45, 2.75) is 0 Å². The smallest absolute Gasteiger partial charge is 0.291 e. The van der Waals surface area contributed by atoms with Gasteiger partial charge in [-0.3, -0.25) is 0 Å². The first-order valence-electron chi connectivity index (χ1n) is 1.41. The molecular weight excluding hydrogens is 151 g/mol. The molecule has 1 unspecified atom stereocenters. The van der Waals surface area contributed by atoms with Crippen LogP contribution in [0.25, 0.3) is 0 Å². The van der Waals surface area contributed by atoms with E-state index in [1.165, 1.54) is 0 Å². The summed E-state index contributed by atoms with van der Waals surface area (Å²) in [5.41, 5.74) is -2.76. The Bertz CT molecular complexity index is 106. The van der Waals surface area contributed by atoms with Crippen LogP contribution < -0.4 is 0 Å². The summed E-state index contributed by atoms with van der Waals surface area (Å²) in [6, 6.07) is 0. The molecule has 0 aromatic carbocycles. The SMILES string of the molecule is C=COP(O)(=S)S. The van der Waals surface area contributed by atoms with E-state index in [1.807, 2.05) is 0 Å². The summed E-state index contributed by atoms with van der Waals surface area (Å²) < 4.78 is 4.34. The molecule has 1 N–H and O–H groups in total. The lowest BCUT2D eigenvalue weighted by atomic mass is 11.2. The van der Waals surface area contributed by atoms with Crippen molar-refractivity contribution in [3.8, 4) is 0 Å². The highest BCUT2D eigenvalue weighted by Gasteiger charge is 2.00. The quantitative estimate of drug-likeness (QED) is 0.358. The molecule has 0 radical (unpaired) electrons. The normalized spacial score (nSPS) is 17.4. The van der Waals surface area contributed by atoms with Crippen LogP contribution in [0.15, 0.2) is 12.8 Å². The number of thiol groups is 1. The summed E-state index contributed by atoms with van der Waals surface area (Å²) in [6.07, 6.45) is 1.08. The zero-order valence-electron chi connectivity index (χ0n) is 3.44. The van der Waals surface area contributed by atoms with Gasteiger partial charge in [0.25, 0.3) is 5.69 Å². The predicted octanol–water partition coefficient (Wildman–Crippen LogP) is 1.29. The second kappa shape index (κ2) is 2.72. The first-order valence-corrected chi connectivity index (χ1v) is 5.23. The third-order valence-corrected chi connectivity index (χ3v) is 1.18. The molecule has 0 aliphatic rings. The van der Waals surface area contributed by atoms with E-state index in [-0.39, 0.29) is 0 Å². The molecule has 0 aromatic heterocycles. The van der Waals surface area contributed by atoms with Crippen molar-refractivity contribution in [3.63, 3.8) is 0 Å². The van der Waals surface area contributed by atoms with E-state index in [2.05, 4.69) is 35.2 Å². The Balaban J connectivity index is 3.57. The minimum absolute atomic E-state index is 1.08. The maximum atomic E-state index is 8.51. The average molecular weight is 156 g/mol. The molecule has 0 aliphatic carbocycles. The van der Waals surface area contributed by atoms with Gasteiger partial charge in [-0.25, -0.2) is 0 Å². The molecule has 0 bridgehead atoms. The molecule has 0 spiro atoms. The Hall–Kier alpha value is 0.500. The second-order valence-corrected chi connectivity index (χ2v) is 5.88. The molecule has 1 atom stereocenters. The molecular formula is C2H5O2PS2. The van der Waals surface area contributed by atoms with Gasteiger partial charge in [0.05, 0.1) is 6.26 Å². The van der Waals surface area contributed by atoms with E-state index in [4.69, 9.17) is 4.89 Å². The first-order chi connectivity index (χ1) is 3.06. The van der Waals surface area contributed by atoms with Gasteiger partial charge in [0.2, 0.25) is 0 Å². The first kappa shape index (κ1) is 7.50. The van der Waals surface area contributed by atoms with Crippen molar-refractivity contribution < 1.29 is 9.42 Å². The third kappa shape index (κ3) is 6.50. The molecule has 0 heterocycles. The lowest BCUT2D eigenvalue weighted by molar-refractivity contribution is 0.457. The van der Waals surface area contributed by atoms with Crippen molar-refractivity contribution >= 4 is 29.7 Å². The van der Waals surface area contributed by atoms with Gasteiger partial charge in [0.15, 0.2) is 0 Å². The monoisotopic (exact) mass is 156 g/mol. The molecule has 0 fully saturated rings. The van der Waals surface area contributed by atoms with Gasteiger partial charge in [0.1, 0.15) is 0 Å². The lowest BCUT2D eigenvalue weighted by Gasteiger charge is -2.02. The largest absolute Gasteiger partial charge is 0.445 e. The van der Waals surface area contributed by atoms with Crippen LogP contribution in [0.2, 0.25) is 0 Å². The fraction of sp³-hybridized carbons (Fsp3) is 0. The van der Waals surface area contributed by atoms with Crippen LogP contribution >= 0.6 is 17.9 Å². The molecule has 0 aliphatic heterocycles. The van der Waals surface area contributed by atoms with Crippen molar-refractivity contribution in [2.75, 3.05) is 0 Å². The topological polar surface area (TPSA) is 29.5 Å². The van der Waals surface area contributed by atoms with Crippen LogP contribution in [-0.4, -0.2) is 4.89 Å². The maximum Gasteiger partial charge on any atom is 0.291 e. The number of hydrogen-bond acceptors (Lipinski definition) is 2. The molecule has 42 valence electrons. The van der Waals surface area contributed by atoms with E-state index < -0.39 is 5.69 Å². The van der Waals surface area contributed by atoms with E-state index in [1.54, 1.807) is 0 Å². The van der Waals surface area contributed by atoms with Crippen molar-refractivity contribution in [3.05, 3.63) is 12.8 Å². The Morgan fingerprint density at radius 1 is 2.00 bits per heavy atom. The molecule has 0 saturated heterocycles. The minimum Gasteiger partial charge on any atom is -0.445 e. The fourth-order valence-corrected chi connectivity index (χ4v) is 0.674. The van der Waals surface area contributed by atoms with Gasteiger partial charge >= 0.3 is 0 Å². The summed E-state index contributed by atoms with van der Waals surface area (Å²) in [5.74, 6) is 0. The van der Waals surface area contributed by atoms with Crippen molar-refractivity contribution in [1.82, 2.24) is 0 Å². The average Bonchev–Trinajstić information content (AvgIpc) is 1.30. The Morgan fingerprint density at radius 2 is 2.43 bits per heavy atom. The van der Waals surface area contributed by atoms with Gasteiger partial charge in [0, 0.05) is 0 Å². The van der Waals surface area contributed by atoms with Gasteiger partial charge < -0.3 is 9.42 Å². The second-order valence-electron chi connectivity index (χ2n) is 0.763. The lowest BCUT2D eigenvalue weighted by Crippen LogP contribution is -1.66. The summed E-state index contributed by atoms with van der Waals surface area (Å²) in [7, 11) is 0. The molecule has 0 amide bonds. The van der Waals surface area contributed by atoms with Gasteiger partial charge in [-0.15, -0.1) is 0 Å². The van der Waals surface area contributed by atoms with Gasteiger partial charge in [-0.1, -0.05) is 18.8 Å². The van der Waals surface area contributed by atoms with Crippen LogP contribution in [0.1, 0.15) is 0 Å². The summed E-state index contributed by atoms with van der Waals surface area (Å²) in [6.45, 7) is 3.18. The van der Waals surface area contributed by atoms with Gasteiger partial charge in [-0.2, -0.15) is 0 Å². The molecule has 0 aromatic rings. The van der Waals surface area contributed by atoms with Crippen molar-refractivity contribution in [2.24, 2.45) is 0 Å². The standard InChI is InChI=1S/C2H5O2PS2/c1-2-4-5(3,6)7/h2H,1H2,(H2,3,6,7). The van der Waals surface area contributed by atoms with E-state index in [0.29, 0.717) is 0 Å². The molecule has 5 heteroatoms. The summed E-state index contributed by atoms with van der Waals surface area (Å²) in [5, 5.41) is 0. The summed E-state index contributed by atoms with van der Waals surface area (Å²) >= 11 is 7.84. The Morgan fingerprint density at radius 3 is 2.43 bits per heavy atom. The van der Waals surface area contributed by atoms with Crippen molar-refractivity contribution in [1.29, 1.82) is 0 Å². The number of hydrogen-bond donors (Lipinski definition) is 2. The zero-order chi connectivity index (χ0) is 5.91. The Labute approximate surface area is 52.5 Å². The van der Waals surface area contributed by atoms with Crippen LogP contribution in [0, 0.1) is 0 Å². The van der Waals surface area contributed by atoms with Crippen LogP contribution in [0.3, 0.4) is 0 Å². The highest BCUT2D eigenvalue weighted by molar-refractivity contribution is 8.59. The van der Waals surface area contributed by atoms with E-state index in [9.17, 15) is 0 Å². The molecule has 2 nitrogen and oxygen atoms in total. The van der Waals surface area contributed by atoms with Gasteiger partial charge in [-0.05, 0) is 11.8 Å². The van der Waals surface area contributed by atoms with Crippen LogP contribution in [-0.2, 0) is 16.3 Å². The van der Waals surface area contributed by atoms with E-state index in [0.717, 1.165) is 6.26 Å². The Kier molecular flexibility index (Phi) is 2.92. The maximum absolute atomic E-state index is 8.51. The summed E-state index contributed by atoms with van der Waals surface area (Å²) in [4.78, 5) is 8.51. The van der Waals surface area contributed by atoms with E-state index >= 15 is 0 Å². The number of rotatable bonds is 2. The minimum atomic E-state index is -2.76. The molecule has 0 rings (SSSR count). The molecule has 0 saturated carbocycles. The third-order valence-electron chi connectivity index (χ3n) is 0.212. The highest BCUT2D eigenvalue weighted by Crippen LogP contribution is 2.47. The molecule has 7 heavy (non-hydrogen) atoms. The van der Waals surface area contributed by atoms with Crippen LogP contribution in [0.4, 0.5) is 0 Å². The fourth-order valence-electron chi connectivity index (χ4n) is 0.0971. The predicted molar refractivity (Wildman–Crippen MR) is 36.8 cm³/mol. The zero-order valence-corrected chi connectivity index (χ0v) is 6.05. The van der Waals surface area contributed by atoms with Crippen LogP contribution in [0.5, 0.6) is 0 Å².